The van der Waals surface area contributed by atoms with Crippen molar-refractivity contribution in [2.45, 2.75) is 45.1 Å². The lowest BCUT2D eigenvalue weighted by molar-refractivity contribution is 0.109. The van der Waals surface area contributed by atoms with Crippen LogP contribution in [0.5, 0.6) is 0 Å². The van der Waals surface area contributed by atoms with Gasteiger partial charge in [-0.15, -0.1) is 0 Å². The third kappa shape index (κ3) is 4.02. The first-order chi connectivity index (χ1) is 11.7. The van der Waals surface area contributed by atoms with E-state index in [1.807, 2.05) is 7.05 Å². The molecule has 3 heterocycles. The number of aliphatic hydroxyl groups is 1. The number of nitrogens with zero attached hydrogens (tertiary/aromatic N) is 5. The Morgan fingerprint density at radius 2 is 2.04 bits per heavy atom. The van der Waals surface area contributed by atoms with E-state index in [4.69, 9.17) is 0 Å². The molecule has 24 heavy (non-hydrogen) atoms. The predicted molar refractivity (Wildman–Crippen MR) is 95.1 cm³/mol. The molecule has 0 amide bonds. The summed E-state index contributed by atoms with van der Waals surface area (Å²) in [6.07, 6.45) is 7.01. The van der Waals surface area contributed by atoms with Gasteiger partial charge in [0, 0.05) is 26.6 Å². The fraction of sp³-hybridized carbons (Fsp3) is 0.706. The molecule has 0 saturated carbocycles. The van der Waals surface area contributed by atoms with Crippen molar-refractivity contribution in [2.24, 2.45) is 7.05 Å². The van der Waals surface area contributed by atoms with Gasteiger partial charge in [0.1, 0.15) is 11.6 Å². The summed E-state index contributed by atoms with van der Waals surface area (Å²) in [6.45, 7) is 5.52. The van der Waals surface area contributed by atoms with E-state index in [1.54, 1.807) is 10.9 Å². The summed E-state index contributed by atoms with van der Waals surface area (Å²) in [5.74, 6) is 1.59. The molecule has 132 valence electrons. The van der Waals surface area contributed by atoms with E-state index in [9.17, 15) is 5.11 Å². The molecule has 0 aliphatic carbocycles. The van der Waals surface area contributed by atoms with Crippen LogP contribution in [0.2, 0.25) is 0 Å². The van der Waals surface area contributed by atoms with E-state index >= 15 is 0 Å². The monoisotopic (exact) mass is 332 g/mol. The molecule has 0 aromatic carbocycles. The average molecular weight is 332 g/mol. The lowest BCUT2D eigenvalue weighted by Gasteiger charge is -2.28. The summed E-state index contributed by atoms with van der Waals surface area (Å²) in [6, 6.07) is 0. The maximum Gasteiger partial charge on any atom is 0.163 e. The normalized spacial score (nSPS) is 17.3. The first-order valence-electron chi connectivity index (χ1n) is 9.00. The van der Waals surface area contributed by atoms with Crippen LogP contribution in [0.15, 0.2) is 6.20 Å². The molecule has 1 fully saturated rings. The van der Waals surface area contributed by atoms with E-state index in [0.29, 0.717) is 6.54 Å². The Kier molecular flexibility index (Phi) is 5.63. The van der Waals surface area contributed by atoms with E-state index in [1.165, 1.54) is 19.3 Å². The predicted octanol–water partition coefficient (Wildman–Crippen LogP) is 1.57. The zero-order chi connectivity index (χ0) is 16.9. The lowest BCUT2D eigenvalue weighted by atomic mass is 10.1. The molecule has 0 bridgehead atoms. The largest absolute Gasteiger partial charge is 0.390 e. The number of β-amino-alcohol motifs (C(OH)–C–C–N with tert-alkyl or cyclic N) is 1. The number of hydrogen-bond acceptors (Lipinski definition) is 6. The molecule has 0 spiro atoms. The van der Waals surface area contributed by atoms with Gasteiger partial charge in [-0.1, -0.05) is 13.3 Å². The highest BCUT2D eigenvalue weighted by Gasteiger charge is 2.16. The summed E-state index contributed by atoms with van der Waals surface area (Å²) in [4.78, 5) is 11.6. The Morgan fingerprint density at radius 1 is 1.25 bits per heavy atom. The van der Waals surface area contributed by atoms with Crippen molar-refractivity contribution in [1.29, 1.82) is 0 Å². The van der Waals surface area contributed by atoms with Crippen LogP contribution in [-0.4, -0.2) is 62.0 Å². The smallest absolute Gasteiger partial charge is 0.163 e. The topological polar surface area (TPSA) is 79.1 Å². The van der Waals surface area contributed by atoms with Crippen molar-refractivity contribution in [1.82, 2.24) is 24.6 Å². The lowest BCUT2D eigenvalue weighted by Crippen LogP contribution is -2.39. The molecule has 2 aromatic rings. The Bertz CT molecular complexity index is 664. The fourth-order valence-electron chi connectivity index (χ4n) is 3.26. The Labute approximate surface area is 143 Å². The number of rotatable bonds is 7. The SMILES string of the molecule is CCCc1nc(NC[C@@H](O)CN2CCCCC2)c2cnn(C)c2n1. The van der Waals surface area contributed by atoms with E-state index in [-0.39, 0.29) is 0 Å². The number of hydrogen-bond donors (Lipinski definition) is 2. The molecule has 3 rings (SSSR count). The van der Waals surface area contributed by atoms with Gasteiger partial charge in [0.05, 0.1) is 17.7 Å². The standard InChI is InChI=1S/C17H28N6O/c1-3-7-15-20-16(14-11-19-22(2)17(14)21-15)18-10-13(24)12-23-8-5-4-6-9-23/h11,13,24H,3-10,12H2,1-2H3,(H,18,20,21)/t13-/m1/s1. The zero-order valence-electron chi connectivity index (χ0n) is 14.7. The highest BCUT2D eigenvalue weighted by atomic mass is 16.3. The number of nitrogens with one attached hydrogen (secondary N) is 1. The Balaban J connectivity index is 1.67. The minimum absolute atomic E-state index is 0.403. The second-order valence-corrected chi connectivity index (χ2v) is 6.64. The fourth-order valence-corrected chi connectivity index (χ4v) is 3.26. The van der Waals surface area contributed by atoms with E-state index in [2.05, 4.69) is 32.2 Å². The van der Waals surface area contributed by atoms with Crippen molar-refractivity contribution >= 4 is 16.9 Å². The highest BCUT2D eigenvalue weighted by Crippen LogP contribution is 2.20. The molecular weight excluding hydrogens is 304 g/mol. The van der Waals surface area contributed by atoms with Gasteiger partial charge in [0.2, 0.25) is 0 Å². The maximum atomic E-state index is 10.3. The summed E-state index contributed by atoms with van der Waals surface area (Å²) in [5.41, 5.74) is 0.835. The number of piperidine rings is 1. The Hall–Kier alpha value is -1.73. The van der Waals surface area contributed by atoms with Crippen LogP contribution in [0.1, 0.15) is 38.4 Å². The molecular formula is C17H28N6O. The number of aryl methyl sites for hydroxylation is 2. The average Bonchev–Trinajstić information content (AvgIpc) is 2.95. The first kappa shape index (κ1) is 17.1. The number of aromatic nitrogens is 4. The summed E-state index contributed by atoms with van der Waals surface area (Å²) in [5, 5.41) is 18.8. The molecule has 7 heteroatoms. The maximum absolute atomic E-state index is 10.3. The molecule has 7 nitrogen and oxygen atoms in total. The summed E-state index contributed by atoms with van der Waals surface area (Å²) in [7, 11) is 1.89. The molecule has 1 aliphatic rings. The van der Waals surface area contributed by atoms with Crippen LogP contribution < -0.4 is 5.32 Å². The van der Waals surface area contributed by atoms with Crippen molar-refractivity contribution in [3.8, 4) is 0 Å². The summed E-state index contributed by atoms with van der Waals surface area (Å²) < 4.78 is 1.77. The summed E-state index contributed by atoms with van der Waals surface area (Å²) >= 11 is 0. The van der Waals surface area contributed by atoms with Crippen LogP contribution in [0.3, 0.4) is 0 Å². The van der Waals surface area contributed by atoms with Gasteiger partial charge in [-0.25, -0.2) is 9.97 Å². The number of likely N-dealkylation sites (tertiary alicyclic amines) is 1. The minimum Gasteiger partial charge on any atom is -0.390 e. The Morgan fingerprint density at radius 3 is 2.79 bits per heavy atom. The quantitative estimate of drug-likeness (QED) is 0.801. The van der Waals surface area contributed by atoms with Gasteiger partial charge in [0.25, 0.3) is 0 Å². The molecule has 2 aromatic heterocycles. The van der Waals surface area contributed by atoms with Gasteiger partial charge < -0.3 is 15.3 Å². The first-order valence-corrected chi connectivity index (χ1v) is 9.00. The van der Waals surface area contributed by atoms with Crippen LogP contribution in [-0.2, 0) is 13.5 Å². The van der Waals surface area contributed by atoms with Crippen LogP contribution in [0.4, 0.5) is 5.82 Å². The number of fused-ring (bicyclic) bond motifs is 1. The van der Waals surface area contributed by atoms with Crippen molar-refractivity contribution in [3.63, 3.8) is 0 Å². The third-order valence-electron chi connectivity index (χ3n) is 4.53. The van der Waals surface area contributed by atoms with E-state index < -0.39 is 6.10 Å². The van der Waals surface area contributed by atoms with Crippen LogP contribution in [0.25, 0.3) is 11.0 Å². The van der Waals surface area contributed by atoms with Crippen molar-refractivity contribution in [2.75, 3.05) is 31.5 Å². The van der Waals surface area contributed by atoms with Gasteiger partial charge in [0.15, 0.2) is 5.65 Å². The second-order valence-electron chi connectivity index (χ2n) is 6.64. The van der Waals surface area contributed by atoms with Gasteiger partial charge in [-0.3, -0.25) is 4.68 Å². The van der Waals surface area contributed by atoms with Gasteiger partial charge in [-0.05, 0) is 32.4 Å². The zero-order valence-corrected chi connectivity index (χ0v) is 14.7. The van der Waals surface area contributed by atoms with Gasteiger partial charge >= 0.3 is 0 Å². The van der Waals surface area contributed by atoms with Crippen LogP contribution in [0, 0.1) is 0 Å². The molecule has 2 N–H and O–H groups in total. The number of anilines is 1. The highest BCUT2D eigenvalue weighted by molar-refractivity contribution is 5.86. The molecule has 0 radical (unpaired) electrons. The third-order valence-corrected chi connectivity index (χ3v) is 4.53. The molecule has 1 saturated heterocycles. The van der Waals surface area contributed by atoms with Crippen LogP contribution >= 0.6 is 0 Å². The van der Waals surface area contributed by atoms with Gasteiger partial charge in [-0.2, -0.15) is 5.10 Å². The molecule has 1 atom stereocenters. The van der Waals surface area contributed by atoms with Crippen molar-refractivity contribution in [3.05, 3.63) is 12.0 Å². The molecule has 1 aliphatic heterocycles. The minimum atomic E-state index is -0.403. The molecule has 0 unspecified atom stereocenters. The number of aliphatic hydroxyl groups excluding tert-OH is 1. The van der Waals surface area contributed by atoms with E-state index in [0.717, 1.165) is 55.2 Å². The van der Waals surface area contributed by atoms with Crippen molar-refractivity contribution < 1.29 is 5.11 Å². The second kappa shape index (κ2) is 7.90.